The molecule has 0 saturated carbocycles. The summed E-state index contributed by atoms with van der Waals surface area (Å²) in [6.45, 7) is 8.52. The van der Waals surface area contributed by atoms with Crippen LogP contribution in [-0.2, 0) is 17.9 Å². The van der Waals surface area contributed by atoms with Gasteiger partial charge in [-0.15, -0.1) is 10.2 Å². The van der Waals surface area contributed by atoms with Gasteiger partial charge in [-0.3, -0.25) is 9.59 Å². The Balaban J connectivity index is 1.51. The predicted octanol–water partition coefficient (Wildman–Crippen LogP) is 1.87. The van der Waals surface area contributed by atoms with Gasteiger partial charge in [-0.05, 0) is 32.8 Å². The molecule has 1 saturated heterocycles. The summed E-state index contributed by atoms with van der Waals surface area (Å²) in [6, 6.07) is 1.79. The minimum absolute atomic E-state index is 0.0272. The van der Waals surface area contributed by atoms with Crippen LogP contribution in [0.15, 0.2) is 10.5 Å². The lowest BCUT2D eigenvalue weighted by Crippen LogP contribution is -2.41. The zero-order chi connectivity index (χ0) is 19.1. The summed E-state index contributed by atoms with van der Waals surface area (Å²) >= 11 is 0. The summed E-state index contributed by atoms with van der Waals surface area (Å²) in [6.07, 6.45) is 1.99. The molecule has 0 N–H and O–H groups in total. The van der Waals surface area contributed by atoms with E-state index in [1.54, 1.807) is 17.9 Å². The SMILES string of the molecule is CC(=O)N1CCCC(c2nnc3n2CCN(C(=O)c2cc(C)oc2C)C3)C1. The number of hydrogen-bond donors (Lipinski definition) is 0. The van der Waals surface area contributed by atoms with Crippen molar-refractivity contribution < 1.29 is 14.0 Å². The molecule has 1 atom stereocenters. The lowest BCUT2D eigenvalue weighted by atomic mass is 9.97. The van der Waals surface area contributed by atoms with Crippen molar-refractivity contribution in [2.24, 2.45) is 0 Å². The third-order valence-electron chi connectivity index (χ3n) is 5.57. The molecule has 0 bridgehead atoms. The van der Waals surface area contributed by atoms with Crippen molar-refractivity contribution in [3.8, 4) is 0 Å². The van der Waals surface area contributed by atoms with Crippen LogP contribution in [0.25, 0.3) is 0 Å². The molecule has 1 fully saturated rings. The van der Waals surface area contributed by atoms with Crippen LogP contribution in [0, 0.1) is 13.8 Å². The summed E-state index contributed by atoms with van der Waals surface area (Å²) < 4.78 is 7.63. The van der Waals surface area contributed by atoms with Crippen LogP contribution in [0.1, 0.15) is 59.2 Å². The maximum atomic E-state index is 12.8. The number of piperidine rings is 1. The summed E-state index contributed by atoms with van der Waals surface area (Å²) in [5.74, 6) is 3.44. The number of aromatic nitrogens is 3. The van der Waals surface area contributed by atoms with Crippen LogP contribution in [0.2, 0.25) is 0 Å². The molecule has 27 heavy (non-hydrogen) atoms. The van der Waals surface area contributed by atoms with Crippen LogP contribution in [0.3, 0.4) is 0 Å². The molecule has 144 valence electrons. The fraction of sp³-hybridized carbons (Fsp3) is 0.579. The number of hydrogen-bond acceptors (Lipinski definition) is 5. The Labute approximate surface area is 158 Å². The van der Waals surface area contributed by atoms with E-state index in [9.17, 15) is 9.59 Å². The van der Waals surface area contributed by atoms with E-state index in [1.165, 1.54) is 0 Å². The molecule has 2 amide bonds. The van der Waals surface area contributed by atoms with Gasteiger partial charge in [0, 0.05) is 39.0 Å². The number of rotatable bonds is 2. The quantitative estimate of drug-likeness (QED) is 0.805. The van der Waals surface area contributed by atoms with E-state index in [2.05, 4.69) is 14.8 Å². The molecule has 2 aliphatic rings. The molecule has 0 aromatic carbocycles. The predicted molar refractivity (Wildman–Crippen MR) is 97.2 cm³/mol. The maximum absolute atomic E-state index is 12.8. The highest BCUT2D eigenvalue weighted by molar-refractivity contribution is 5.95. The lowest BCUT2D eigenvalue weighted by molar-refractivity contribution is -0.130. The number of fused-ring (bicyclic) bond motifs is 1. The minimum atomic E-state index is -0.0272. The number of amides is 2. The average Bonchev–Trinajstić information content (AvgIpc) is 3.23. The summed E-state index contributed by atoms with van der Waals surface area (Å²) in [5.41, 5.74) is 0.616. The topological polar surface area (TPSA) is 84.5 Å². The molecular weight excluding hydrogens is 346 g/mol. The third kappa shape index (κ3) is 3.24. The maximum Gasteiger partial charge on any atom is 0.257 e. The van der Waals surface area contributed by atoms with Gasteiger partial charge in [-0.2, -0.15) is 0 Å². The van der Waals surface area contributed by atoms with Crippen LogP contribution in [-0.4, -0.2) is 56.0 Å². The molecule has 0 aliphatic carbocycles. The monoisotopic (exact) mass is 371 g/mol. The van der Waals surface area contributed by atoms with Crippen molar-refractivity contribution in [1.29, 1.82) is 0 Å². The van der Waals surface area contributed by atoms with Crippen LogP contribution < -0.4 is 0 Å². The van der Waals surface area contributed by atoms with Crippen molar-refractivity contribution in [3.05, 3.63) is 34.8 Å². The molecule has 4 rings (SSSR count). The van der Waals surface area contributed by atoms with E-state index < -0.39 is 0 Å². The van der Waals surface area contributed by atoms with E-state index in [1.807, 2.05) is 18.7 Å². The Hall–Kier alpha value is -2.64. The first-order valence-corrected chi connectivity index (χ1v) is 9.48. The van der Waals surface area contributed by atoms with Gasteiger partial charge < -0.3 is 18.8 Å². The molecular formula is C19H25N5O3. The fourth-order valence-electron chi connectivity index (χ4n) is 4.14. The van der Waals surface area contributed by atoms with Gasteiger partial charge in [0.15, 0.2) is 5.82 Å². The molecule has 2 aromatic rings. The largest absolute Gasteiger partial charge is 0.466 e. The minimum Gasteiger partial charge on any atom is -0.466 e. The lowest BCUT2D eigenvalue weighted by Gasteiger charge is -2.33. The van der Waals surface area contributed by atoms with Crippen LogP contribution in [0.5, 0.6) is 0 Å². The number of nitrogens with zero attached hydrogens (tertiary/aromatic N) is 5. The highest BCUT2D eigenvalue weighted by atomic mass is 16.3. The Morgan fingerprint density at radius 3 is 2.67 bits per heavy atom. The zero-order valence-corrected chi connectivity index (χ0v) is 16.1. The third-order valence-corrected chi connectivity index (χ3v) is 5.57. The van der Waals surface area contributed by atoms with Gasteiger partial charge in [0.25, 0.3) is 5.91 Å². The number of likely N-dealkylation sites (tertiary alicyclic amines) is 1. The van der Waals surface area contributed by atoms with Crippen LogP contribution in [0.4, 0.5) is 0 Å². The Kier molecular flexibility index (Phi) is 4.49. The fourth-order valence-corrected chi connectivity index (χ4v) is 4.14. The van der Waals surface area contributed by atoms with Gasteiger partial charge in [-0.25, -0.2) is 0 Å². The summed E-state index contributed by atoms with van der Waals surface area (Å²) in [7, 11) is 0. The van der Waals surface area contributed by atoms with Gasteiger partial charge in [0.05, 0.1) is 12.1 Å². The van der Waals surface area contributed by atoms with Crippen LogP contribution >= 0.6 is 0 Å². The van der Waals surface area contributed by atoms with E-state index in [4.69, 9.17) is 4.42 Å². The second kappa shape index (κ2) is 6.83. The first kappa shape index (κ1) is 17.8. The number of carbonyl (C=O) groups is 2. The summed E-state index contributed by atoms with van der Waals surface area (Å²) in [4.78, 5) is 28.2. The van der Waals surface area contributed by atoms with E-state index in [0.717, 1.165) is 36.8 Å². The van der Waals surface area contributed by atoms with Crippen molar-refractivity contribution in [2.75, 3.05) is 19.6 Å². The molecule has 0 radical (unpaired) electrons. The van der Waals surface area contributed by atoms with Gasteiger partial charge in [-0.1, -0.05) is 0 Å². The Bertz CT molecular complexity index is 884. The van der Waals surface area contributed by atoms with Crippen molar-refractivity contribution >= 4 is 11.8 Å². The second-order valence-electron chi connectivity index (χ2n) is 7.48. The van der Waals surface area contributed by atoms with E-state index in [0.29, 0.717) is 37.5 Å². The van der Waals surface area contributed by atoms with Gasteiger partial charge in [0.1, 0.15) is 17.3 Å². The van der Waals surface area contributed by atoms with Crippen molar-refractivity contribution in [1.82, 2.24) is 24.6 Å². The normalized spacial score (nSPS) is 19.9. The van der Waals surface area contributed by atoms with Crippen molar-refractivity contribution in [3.63, 3.8) is 0 Å². The molecule has 4 heterocycles. The van der Waals surface area contributed by atoms with E-state index >= 15 is 0 Å². The molecule has 1 unspecified atom stereocenters. The molecule has 8 heteroatoms. The molecule has 2 aliphatic heterocycles. The average molecular weight is 371 g/mol. The highest BCUT2D eigenvalue weighted by Gasteiger charge is 2.31. The van der Waals surface area contributed by atoms with Gasteiger partial charge >= 0.3 is 0 Å². The van der Waals surface area contributed by atoms with Gasteiger partial charge in [0.2, 0.25) is 5.91 Å². The Morgan fingerprint density at radius 2 is 1.96 bits per heavy atom. The molecule has 8 nitrogen and oxygen atoms in total. The van der Waals surface area contributed by atoms with Crippen molar-refractivity contribution in [2.45, 2.75) is 52.6 Å². The first-order chi connectivity index (χ1) is 12.9. The van der Waals surface area contributed by atoms with E-state index in [-0.39, 0.29) is 17.7 Å². The number of furan rings is 1. The smallest absolute Gasteiger partial charge is 0.257 e. The Morgan fingerprint density at radius 1 is 1.15 bits per heavy atom. The number of carbonyl (C=O) groups excluding carboxylic acids is 2. The second-order valence-corrected chi connectivity index (χ2v) is 7.48. The first-order valence-electron chi connectivity index (χ1n) is 9.48. The number of aryl methyl sites for hydroxylation is 2. The summed E-state index contributed by atoms with van der Waals surface area (Å²) in [5, 5.41) is 8.77. The zero-order valence-electron chi connectivity index (χ0n) is 16.1. The molecule has 0 spiro atoms. The standard InChI is InChI=1S/C19H25N5O3/c1-12-9-16(13(2)27-12)19(26)23-7-8-24-17(11-23)20-21-18(24)15-5-4-6-22(10-15)14(3)25/h9,15H,4-8,10-11H2,1-3H3. The highest BCUT2D eigenvalue weighted by Crippen LogP contribution is 2.28. The molecule has 2 aromatic heterocycles.